The Labute approximate surface area is 112 Å². The lowest BCUT2D eigenvalue weighted by Crippen LogP contribution is -2.14. The van der Waals surface area contributed by atoms with Gasteiger partial charge in [0.2, 0.25) is 0 Å². The SMILES string of the molecule is CCc1sc(CNC2CC2)nc1-c1ccccc1. The monoisotopic (exact) mass is 258 g/mol. The van der Waals surface area contributed by atoms with Crippen LogP contribution in [0.5, 0.6) is 0 Å². The van der Waals surface area contributed by atoms with Gasteiger partial charge in [-0.15, -0.1) is 11.3 Å². The molecule has 0 radical (unpaired) electrons. The number of rotatable bonds is 5. The Balaban J connectivity index is 1.83. The van der Waals surface area contributed by atoms with E-state index in [-0.39, 0.29) is 0 Å². The van der Waals surface area contributed by atoms with Gasteiger partial charge in [-0.25, -0.2) is 4.98 Å². The first-order valence-electron chi connectivity index (χ1n) is 6.64. The Morgan fingerprint density at radius 3 is 2.72 bits per heavy atom. The molecular weight excluding hydrogens is 240 g/mol. The van der Waals surface area contributed by atoms with Crippen LogP contribution in [0.1, 0.15) is 29.7 Å². The number of nitrogens with zero attached hydrogens (tertiary/aromatic N) is 1. The van der Waals surface area contributed by atoms with Crippen molar-refractivity contribution in [3.05, 3.63) is 40.2 Å². The summed E-state index contributed by atoms with van der Waals surface area (Å²) in [6.45, 7) is 3.13. The molecule has 3 heteroatoms. The number of thiazole rings is 1. The second-order valence-electron chi connectivity index (χ2n) is 4.75. The number of benzene rings is 1. The van der Waals surface area contributed by atoms with E-state index >= 15 is 0 Å². The summed E-state index contributed by atoms with van der Waals surface area (Å²) in [5.74, 6) is 0. The maximum absolute atomic E-state index is 4.81. The molecule has 0 aliphatic heterocycles. The molecular formula is C15H18N2S. The number of hydrogen-bond donors (Lipinski definition) is 1. The summed E-state index contributed by atoms with van der Waals surface area (Å²) in [7, 11) is 0. The van der Waals surface area contributed by atoms with E-state index < -0.39 is 0 Å². The summed E-state index contributed by atoms with van der Waals surface area (Å²) >= 11 is 1.85. The third-order valence-corrected chi connectivity index (χ3v) is 4.43. The van der Waals surface area contributed by atoms with Crippen LogP contribution >= 0.6 is 11.3 Å². The molecule has 1 aliphatic carbocycles. The molecule has 1 heterocycles. The van der Waals surface area contributed by atoms with E-state index in [0.29, 0.717) is 0 Å². The van der Waals surface area contributed by atoms with Gasteiger partial charge in [-0.05, 0) is 19.3 Å². The smallest absolute Gasteiger partial charge is 0.107 e. The standard InChI is InChI=1S/C15H18N2S/c1-2-13-15(11-6-4-3-5-7-11)17-14(18-13)10-16-12-8-9-12/h3-7,12,16H,2,8-10H2,1H3. The summed E-state index contributed by atoms with van der Waals surface area (Å²) in [4.78, 5) is 6.20. The van der Waals surface area contributed by atoms with E-state index in [1.807, 2.05) is 11.3 Å². The summed E-state index contributed by atoms with van der Waals surface area (Å²) < 4.78 is 0. The lowest BCUT2D eigenvalue weighted by Gasteiger charge is -1.99. The van der Waals surface area contributed by atoms with Crippen molar-refractivity contribution in [3.63, 3.8) is 0 Å². The van der Waals surface area contributed by atoms with E-state index in [1.165, 1.54) is 34.0 Å². The predicted octanol–water partition coefficient (Wildman–Crippen LogP) is 3.62. The first kappa shape index (κ1) is 11.9. The van der Waals surface area contributed by atoms with Crippen molar-refractivity contribution in [2.45, 2.75) is 38.8 Å². The summed E-state index contributed by atoms with van der Waals surface area (Å²) in [6.07, 6.45) is 3.72. The molecule has 1 N–H and O–H groups in total. The normalized spacial score (nSPS) is 14.9. The third kappa shape index (κ3) is 2.62. The average molecular weight is 258 g/mol. The largest absolute Gasteiger partial charge is 0.308 e. The first-order chi connectivity index (χ1) is 8.86. The van der Waals surface area contributed by atoms with Crippen LogP contribution in [0.3, 0.4) is 0 Å². The Morgan fingerprint density at radius 2 is 2.06 bits per heavy atom. The van der Waals surface area contributed by atoms with Crippen LogP contribution in [-0.4, -0.2) is 11.0 Å². The molecule has 94 valence electrons. The van der Waals surface area contributed by atoms with Crippen LogP contribution in [0.4, 0.5) is 0 Å². The maximum Gasteiger partial charge on any atom is 0.107 e. The zero-order chi connectivity index (χ0) is 12.4. The highest BCUT2D eigenvalue weighted by Gasteiger charge is 2.21. The Morgan fingerprint density at radius 1 is 1.28 bits per heavy atom. The highest BCUT2D eigenvalue weighted by atomic mass is 32.1. The molecule has 0 bridgehead atoms. The molecule has 1 saturated carbocycles. The molecule has 1 aromatic carbocycles. The molecule has 0 amide bonds. The van der Waals surface area contributed by atoms with Gasteiger partial charge in [0.15, 0.2) is 0 Å². The van der Waals surface area contributed by atoms with Crippen molar-refractivity contribution >= 4 is 11.3 Å². The van der Waals surface area contributed by atoms with E-state index in [0.717, 1.165) is 19.0 Å². The molecule has 18 heavy (non-hydrogen) atoms. The molecule has 3 rings (SSSR count). The highest BCUT2D eigenvalue weighted by Crippen LogP contribution is 2.29. The summed E-state index contributed by atoms with van der Waals surface area (Å²) in [6, 6.07) is 11.3. The summed E-state index contributed by atoms with van der Waals surface area (Å²) in [5, 5.41) is 4.76. The Bertz CT molecular complexity index is 515. The van der Waals surface area contributed by atoms with E-state index in [4.69, 9.17) is 4.98 Å². The highest BCUT2D eigenvalue weighted by molar-refractivity contribution is 7.12. The molecule has 1 aliphatic rings. The molecule has 0 atom stereocenters. The summed E-state index contributed by atoms with van der Waals surface area (Å²) in [5.41, 5.74) is 2.42. The van der Waals surface area contributed by atoms with Crippen molar-refractivity contribution in [2.24, 2.45) is 0 Å². The van der Waals surface area contributed by atoms with E-state index in [2.05, 4.69) is 42.6 Å². The van der Waals surface area contributed by atoms with Crippen LogP contribution in [0, 0.1) is 0 Å². The van der Waals surface area contributed by atoms with Crippen LogP contribution in [0.15, 0.2) is 30.3 Å². The molecule has 0 spiro atoms. The van der Waals surface area contributed by atoms with Gasteiger partial charge in [0.1, 0.15) is 5.01 Å². The maximum atomic E-state index is 4.81. The van der Waals surface area contributed by atoms with Gasteiger partial charge in [-0.3, -0.25) is 0 Å². The fourth-order valence-corrected chi connectivity index (χ4v) is 3.04. The lowest BCUT2D eigenvalue weighted by atomic mass is 10.1. The van der Waals surface area contributed by atoms with Crippen LogP contribution in [0.25, 0.3) is 11.3 Å². The van der Waals surface area contributed by atoms with Crippen LogP contribution in [0.2, 0.25) is 0 Å². The van der Waals surface area contributed by atoms with Crippen molar-refractivity contribution in [2.75, 3.05) is 0 Å². The van der Waals surface area contributed by atoms with Gasteiger partial charge in [0.05, 0.1) is 5.69 Å². The van der Waals surface area contributed by atoms with Gasteiger partial charge in [-0.1, -0.05) is 37.3 Å². The van der Waals surface area contributed by atoms with Gasteiger partial charge >= 0.3 is 0 Å². The van der Waals surface area contributed by atoms with Crippen molar-refractivity contribution in [1.82, 2.24) is 10.3 Å². The number of aromatic nitrogens is 1. The quantitative estimate of drug-likeness (QED) is 0.886. The zero-order valence-electron chi connectivity index (χ0n) is 10.6. The zero-order valence-corrected chi connectivity index (χ0v) is 11.5. The molecule has 1 aromatic heterocycles. The fraction of sp³-hybridized carbons (Fsp3) is 0.400. The molecule has 0 saturated heterocycles. The predicted molar refractivity (Wildman–Crippen MR) is 76.8 cm³/mol. The minimum atomic E-state index is 0.749. The van der Waals surface area contributed by atoms with E-state index in [9.17, 15) is 0 Å². The minimum absolute atomic E-state index is 0.749. The second-order valence-corrected chi connectivity index (χ2v) is 5.92. The van der Waals surface area contributed by atoms with E-state index in [1.54, 1.807) is 0 Å². The Hall–Kier alpha value is -1.19. The topological polar surface area (TPSA) is 24.9 Å². The molecule has 2 nitrogen and oxygen atoms in total. The lowest BCUT2D eigenvalue weighted by molar-refractivity contribution is 0.685. The van der Waals surface area contributed by atoms with Crippen molar-refractivity contribution < 1.29 is 0 Å². The van der Waals surface area contributed by atoms with Gasteiger partial charge in [-0.2, -0.15) is 0 Å². The number of nitrogens with one attached hydrogen (secondary N) is 1. The number of aryl methyl sites for hydroxylation is 1. The van der Waals surface area contributed by atoms with Crippen molar-refractivity contribution in [1.29, 1.82) is 0 Å². The van der Waals surface area contributed by atoms with Gasteiger partial charge in [0, 0.05) is 23.0 Å². The molecule has 1 fully saturated rings. The fourth-order valence-electron chi connectivity index (χ4n) is 2.06. The molecule has 2 aromatic rings. The second kappa shape index (κ2) is 5.21. The van der Waals surface area contributed by atoms with Gasteiger partial charge in [0.25, 0.3) is 0 Å². The third-order valence-electron chi connectivity index (χ3n) is 3.23. The van der Waals surface area contributed by atoms with Crippen LogP contribution in [-0.2, 0) is 13.0 Å². The average Bonchev–Trinajstić information content (AvgIpc) is 3.16. The van der Waals surface area contributed by atoms with Crippen molar-refractivity contribution in [3.8, 4) is 11.3 Å². The minimum Gasteiger partial charge on any atom is -0.308 e. The number of hydrogen-bond acceptors (Lipinski definition) is 3. The first-order valence-corrected chi connectivity index (χ1v) is 7.46. The van der Waals surface area contributed by atoms with Crippen LogP contribution < -0.4 is 5.32 Å². The van der Waals surface area contributed by atoms with Gasteiger partial charge < -0.3 is 5.32 Å². The Kier molecular flexibility index (Phi) is 3.43. The molecule has 0 unspecified atom stereocenters.